The van der Waals surface area contributed by atoms with Gasteiger partial charge < -0.3 is 14.8 Å². The minimum absolute atomic E-state index is 0.0765. The van der Waals surface area contributed by atoms with Gasteiger partial charge in [-0.25, -0.2) is 0 Å². The largest absolute Gasteiger partial charge is 0.486 e. The first-order valence-corrected chi connectivity index (χ1v) is 8.42. The lowest BCUT2D eigenvalue weighted by Gasteiger charge is -2.18. The number of aryl methyl sites for hydroxylation is 1. The van der Waals surface area contributed by atoms with Crippen LogP contribution in [0.1, 0.15) is 30.4 Å². The number of carbonyl (C=O) groups excluding carboxylic acids is 1. The molecule has 0 saturated carbocycles. The van der Waals surface area contributed by atoms with Crippen molar-refractivity contribution in [3.05, 3.63) is 59.7 Å². The van der Waals surface area contributed by atoms with E-state index in [1.165, 1.54) is 5.56 Å². The predicted molar refractivity (Wildman–Crippen MR) is 93.6 cm³/mol. The highest BCUT2D eigenvalue weighted by Crippen LogP contribution is 2.31. The van der Waals surface area contributed by atoms with E-state index in [4.69, 9.17) is 9.47 Å². The van der Waals surface area contributed by atoms with E-state index in [0.29, 0.717) is 38.5 Å². The minimum Gasteiger partial charge on any atom is -0.486 e. The van der Waals surface area contributed by atoms with Crippen LogP contribution in [0.15, 0.2) is 48.5 Å². The second kappa shape index (κ2) is 7.86. The van der Waals surface area contributed by atoms with Gasteiger partial charge in [0, 0.05) is 13.0 Å². The van der Waals surface area contributed by atoms with Crippen LogP contribution in [0.2, 0.25) is 0 Å². The molecule has 1 heterocycles. The average Bonchev–Trinajstić information content (AvgIpc) is 2.65. The van der Waals surface area contributed by atoms with E-state index in [9.17, 15) is 4.79 Å². The molecule has 4 nitrogen and oxygen atoms in total. The van der Waals surface area contributed by atoms with Gasteiger partial charge in [0.25, 0.3) is 0 Å². The van der Waals surface area contributed by atoms with Gasteiger partial charge in [-0.1, -0.05) is 43.3 Å². The third kappa shape index (κ3) is 4.28. The first-order chi connectivity index (χ1) is 11.7. The molecule has 2 aromatic carbocycles. The van der Waals surface area contributed by atoms with Gasteiger partial charge in [-0.05, 0) is 35.6 Å². The summed E-state index contributed by atoms with van der Waals surface area (Å²) in [5, 5.41) is 3.02. The SMILES string of the molecule is CC(CNC(=O)CCc1ccc2c(c1)OCCO2)c1ccccc1. The molecule has 1 amide bonds. The molecule has 24 heavy (non-hydrogen) atoms. The van der Waals surface area contributed by atoms with E-state index in [1.807, 2.05) is 36.4 Å². The lowest BCUT2D eigenvalue weighted by Crippen LogP contribution is -2.27. The maximum atomic E-state index is 12.1. The Labute approximate surface area is 142 Å². The number of hydrogen-bond donors (Lipinski definition) is 1. The summed E-state index contributed by atoms with van der Waals surface area (Å²) in [7, 11) is 0. The molecule has 0 fully saturated rings. The molecule has 0 aromatic heterocycles. The zero-order valence-electron chi connectivity index (χ0n) is 14.0. The molecule has 1 aliphatic heterocycles. The quantitative estimate of drug-likeness (QED) is 0.886. The van der Waals surface area contributed by atoms with Crippen LogP contribution in [0.5, 0.6) is 11.5 Å². The summed E-state index contributed by atoms with van der Waals surface area (Å²) in [5.41, 5.74) is 2.33. The fourth-order valence-corrected chi connectivity index (χ4v) is 2.76. The molecular formula is C20H23NO3. The summed E-state index contributed by atoms with van der Waals surface area (Å²) in [6.45, 7) is 3.95. The third-order valence-electron chi connectivity index (χ3n) is 4.22. The Hall–Kier alpha value is -2.49. The van der Waals surface area contributed by atoms with E-state index in [2.05, 4.69) is 24.4 Å². The van der Waals surface area contributed by atoms with E-state index in [0.717, 1.165) is 17.1 Å². The Kier molecular flexibility index (Phi) is 5.36. The monoisotopic (exact) mass is 325 g/mol. The van der Waals surface area contributed by atoms with Crippen molar-refractivity contribution >= 4 is 5.91 Å². The van der Waals surface area contributed by atoms with Crippen molar-refractivity contribution < 1.29 is 14.3 Å². The molecule has 1 N–H and O–H groups in total. The lowest BCUT2D eigenvalue weighted by molar-refractivity contribution is -0.121. The van der Waals surface area contributed by atoms with Gasteiger partial charge in [-0.3, -0.25) is 4.79 Å². The highest BCUT2D eigenvalue weighted by Gasteiger charge is 2.12. The number of hydrogen-bond acceptors (Lipinski definition) is 3. The van der Waals surface area contributed by atoms with Gasteiger partial charge in [0.05, 0.1) is 0 Å². The first kappa shape index (κ1) is 16.4. The van der Waals surface area contributed by atoms with Crippen LogP contribution >= 0.6 is 0 Å². The number of fused-ring (bicyclic) bond motifs is 1. The fourth-order valence-electron chi connectivity index (χ4n) is 2.76. The molecule has 1 aliphatic rings. The topological polar surface area (TPSA) is 47.6 Å². The van der Waals surface area contributed by atoms with Gasteiger partial charge >= 0.3 is 0 Å². The highest BCUT2D eigenvalue weighted by atomic mass is 16.6. The number of benzene rings is 2. The van der Waals surface area contributed by atoms with E-state index < -0.39 is 0 Å². The van der Waals surface area contributed by atoms with Crippen LogP contribution in [0, 0.1) is 0 Å². The molecule has 3 rings (SSSR count). The number of carbonyl (C=O) groups is 1. The normalized spacial score (nSPS) is 14.0. The standard InChI is InChI=1S/C20H23NO3/c1-15(17-5-3-2-4-6-17)14-21-20(22)10-8-16-7-9-18-19(13-16)24-12-11-23-18/h2-7,9,13,15H,8,10-12,14H2,1H3,(H,21,22). The predicted octanol–water partition coefficient (Wildman–Crippen LogP) is 3.31. The van der Waals surface area contributed by atoms with Crippen molar-refractivity contribution in [3.63, 3.8) is 0 Å². The van der Waals surface area contributed by atoms with Crippen LogP contribution in [0.25, 0.3) is 0 Å². The molecule has 1 unspecified atom stereocenters. The van der Waals surface area contributed by atoms with Crippen LogP contribution in [0.4, 0.5) is 0 Å². The minimum atomic E-state index is 0.0765. The van der Waals surface area contributed by atoms with Crippen molar-refractivity contribution in [1.29, 1.82) is 0 Å². The van der Waals surface area contributed by atoms with Crippen LogP contribution in [-0.2, 0) is 11.2 Å². The molecule has 0 aliphatic carbocycles. The van der Waals surface area contributed by atoms with Crippen LogP contribution in [-0.4, -0.2) is 25.7 Å². The van der Waals surface area contributed by atoms with Crippen molar-refractivity contribution in [2.75, 3.05) is 19.8 Å². The highest BCUT2D eigenvalue weighted by molar-refractivity contribution is 5.76. The Morgan fingerprint density at radius 2 is 1.83 bits per heavy atom. The fraction of sp³-hybridized carbons (Fsp3) is 0.350. The second-order valence-electron chi connectivity index (χ2n) is 6.09. The van der Waals surface area contributed by atoms with Crippen molar-refractivity contribution in [1.82, 2.24) is 5.32 Å². The number of amides is 1. The third-order valence-corrected chi connectivity index (χ3v) is 4.22. The van der Waals surface area contributed by atoms with Gasteiger partial charge in [-0.2, -0.15) is 0 Å². The van der Waals surface area contributed by atoms with Gasteiger partial charge in [-0.15, -0.1) is 0 Å². The summed E-state index contributed by atoms with van der Waals surface area (Å²) in [6.07, 6.45) is 1.17. The Morgan fingerprint density at radius 3 is 2.62 bits per heavy atom. The molecule has 2 aromatic rings. The van der Waals surface area contributed by atoms with Gasteiger partial charge in [0.15, 0.2) is 11.5 Å². The maximum absolute atomic E-state index is 12.1. The van der Waals surface area contributed by atoms with Crippen molar-refractivity contribution in [3.8, 4) is 11.5 Å². The summed E-state index contributed by atoms with van der Waals surface area (Å²) in [4.78, 5) is 12.1. The van der Waals surface area contributed by atoms with E-state index in [-0.39, 0.29) is 5.91 Å². The molecule has 4 heteroatoms. The first-order valence-electron chi connectivity index (χ1n) is 8.42. The molecule has 0 spiro atoms. The zero-order valence-corrected chi connectivity index (χ0v) is 14.0. The van der Waals surface area contributed by atoms with Crippen LogP contribution < -0.4 is 14.8 Å². The van der Waals surface area contributed by atoms with Gasteiger partial charge in [0.1, 0.15) is 13.2 Å². The Balaban J connectivity index is 1.46. The molecule has 0 bridgehead atoms. The maximum Gasteiger partial charge on any atom is 0.220 e. The average molecular weight is 325 g/mol. The summed E-state index contributed by atoms with van der Waals surface area (Å²) >= 11 is 0. The molecule has 0 radical (unpaired) electrons. The van der Waals surface area contributed by atoms with Crippen molar-refractivity contribution in [2.24, 2.45) is 0 Å². The molecule has 0 saturated heterocycles. The number of ether oxygens (including phenoxy) is 2. The lowest BCUT2D eigenvalue weighted by atomic mass is 10.0. The van der Waals surface area contributed by atoms with Crippen LogP contribution in [0.3, 0.4) is 0 Å². The van der Waals surface area contributed by atoms with E-state index in [1.54, 1.807) is 0 Å². The molecule has 1 atom stereocenters. The summed E-state index contributed by atoms with van der Waals surface area (Å²) in [6, 6.07) is 16.1. The molecule has 126 valence electrons. The summed E-state index contributed by atoms with van der Waals surface area (Å²) in [5.74, 6) is 1.94. The zero-order chi connectivity index (χ0) is 16.8. The number of rotatable bonds is 6. The van der Waals surface area contributed by atoms with Gasteiger partial charge in [0.2, 0.25) is 5.91 Å². The second-order valence-corrected chi connectivity index (χ2v) is 6.09. The number of nitrogens with one attached hydrogen (secondary N) is 1. The molecular weight excluding hydrogens is 302 g/mol. The summed E-state index contributed by atoms with van der Waals surface area (Å²) < 4.78 is 11.1. The smallest absolute Gasteiger partial charge is 0.220 e. The van der Waals surface area contributed by atoms with E-state index >= 15 is 0 Å². The Morgan fingerprint density at radius 1 is 1.08 bits per heavy atom. The van der Waals surface area contributed by atoms with Crippen molar-refractivity contribution in [2.45, 2.75) is 25.7 Å². The Bertz CT molecular complexity index is 685.